The predicted molar refractivity (Wildman–Crippen MR) is 58.8 cm³/mol. The summed E-state index contributed by atoms with van der Waals surface area (Å²) in [6.45, 7) is 6.13. The van der Waals surface area contributed by atoms with Crippen LogP contribution in [0.3, 0.4) is 0 Å². The summed E-state index contributed by atoms with van der Waals surface area (Å²) in [6.07, 6.45) is 0. The molecule has 0 radical (unpaired) electrons. The van der Waals surface area contributed by atoms with Crippen LogP contribution in [0.25, 0.3) is 0 Å². The molecule has 0 atom stereocenters. The van der Waals surface area contributed by atoms with Gasteiger partial charge in [-0.05, 0) is 0 Å². The van der Waals surface area contributed by atoms with Crippen molar-refractivity contribution in [2.75, 3.05) is 52.5 Å². The maximum atomic E-state index is 8.69. The van der Waals surface area contributed by atoms with Crippen molar-refractivity contribution in [1.82, 2.24) is 9.80 Å². The summed E-state index contributed by atoms with van der Waals surface area (Å²) in [5, 5.41) is 17.4. The van der Waals surface area contributed by atoms with Gasteiger partial charge in [0.25, 0.3) is 0 Å². The van der Waals surface area contributed by atoms with Gasteiger partial charge in [0.2, 0.25) is 0 Å². The Balaban J connectivity index is 0.000000583. The number of halogens is 2. The summed E-state index contributed by atoms with van der Waals surface area (Å²) in [7, 11) is 9.75. The molecule has 1 fully saturated rings. The van der Waals surface area contributed by atoms with Crippen molar-refractivity contribution in [3.63, 3.8) is 0 Å². The van der Waals surface area contributed by atoms with E-state index in [1.54, 1.807) is 0 Å². The van der Waals surface area contributed by atoms with Gasteiger partial charge in [-0.3, -0.25) is 9.80 Å². The van der Waals surface area contributed by atoms with Crippen LogP contribution in [0.1, 0.15) is 0 Å². The maximum absolute atomic E-state index is 8.69. The standard InChI is InChI=1S/C8H18N2O2.2ClH.Pt/c11-7-5-9-1-2-10(4-3-9)6-8-12;;;/h11-12H,1-8H2;2*1H;/q;;;+4/p-2. The first-order chi connectivity index (χ1) is 7.28. The SMILES string of the molecule is OCCN1CCN(CCO)CC1.[Cl][Pt+2][Cl]. The van der Waals surface area contributed by atoms with Gasteiger partial charge in [-0.2, -0.15) is 0 Å². The second-order valence-electron chi connectivity index (χ2n) is 3.18. The molecule has 1 rings (SSSR count). The fourth-order valence-corrected chi connectivity index (χ4v) is 1.52. The molecule has 0 aromatic rings. The average molecular weight is 440 g/mol. The Morgan fingerprint density at radius 1 is 0.867 bits per heavy atom. The topological polar surface area (TPSA) is 46.9 Å². The van der Waals surface area contributed by atoms with E-state index in [0.717, 1.165) is 39.3 Å². The van der Waals surface area contributed by atoms with Gasteiger partial charge in [0.1, 0.15) is 0 Å². The molecule has 1 aliphatic heterocycles. The van der Waals surface area contributed by atoms with Crippen molar-refractivity contribution in [2.24, 2.45) is 0 Å². The molecule has 1 aliphatic rings. The second-order valence-corrected chi connectivity index (χ2v) is 6.46. The zero-order chi connectivity index (χ0) is 11.5. The molecular weight excluding hydrogens is 422 g/mol. The van der Waals surface area contributed by atoms with Crippen LogP contribution in [-0.2, 0) is 16.5 Å². The number of β-amino-alcohol motifs (C(OH)–C–C–N with tert-alkyl or cyclic N) is 2. The van der Waals surface area contributed by atoms with Crippen molar-refractivity contribution >= 4 is 18.8 Å². The number of rotatable bonds is 4. The van der Waals surface area contributed by atoms with Crippen LogP contribution < -0.4 is 0 Å². The van der Waals surface area contributed by atoms with E-state index in [2.05, 4.69) is 9.80 Å². The summed E-state index contributed by atoms with van der Waals surface area (Å²) in [6, 6.07) is 0. The van der Waals surface area contributed by atoms with Gasteiger partial charge < -0.3 is 10.2 Å². The molecule has 0 bridgehead atoms. The fraction of sp³-hybridized carbons (Fsp3) is 1.00. The first kappa shape index (κ1) is 16.1. The van der Waals surface area contributed by atoms with Gasteiger partial charge >= 0.3 is 35.3 Å². The molecule has 2 N–H and O–H groups in total. The minimum atomic E-state index is -0.472. The monoisotopic (exact) mass is 439 g/mol. The molecule has 0 aliphatic carbocycles. The molecule has 1 saturated heterocycles. The molecule has 4 nitrogen and oxygen atoms in total. The summed E-state index contributed by atoms with van der Waals surface area (Å²) in [5.41, 5.74) is 0. The third kappa shape index (κ3) is 8.87. The number of aliphatic hydroxyl groups is 2. The zero-order valence-corrected chi connectivity index (χ0v) is 12.3. The quantitative estimate of drug-likeness (QED) is 0.645. The zero-order valence-electron chi connectivity index (χ0n) is 8.52. The minimum absolute atomic E-state index is 0.250. The van der Waals surface area contributed by atoms with Crippen LogP contribution in [0.5, 0.6) is 0 Å². The Morgan fingerprint density at radius 2 is 1.13 bits per heavy atom. The van der Waals surface area contributed by atoms with E-state index in [0.29, 0.717) is 0 Å². The Morgan fingerprint density at radius 3 is 1.33 bits per heavy atom. The third-order valence-corrected chi connectivity index (χ3v) is 2.30. The van der Waals surface area contributed by atoms with Crippen LogP contribution >= 0.6 is 18.8 Å². The molecule has 0 aromatic heterocycles. The van der Waals surface area contributed by atoms with E-state index in [1.807, 2.05) is 0 Å². The molecule has 0 aromatic carbocycles. The number of aliphatic hydroxyl groups excluding tert-OH is 2. The van der Waals surface area contributed by atoms with Crippen molar-refractivity contribution in [3.8, 4) is 0 Å². The van der Waals surface area contributed by atoms with Crippen LogP contribution in [-0.4, -0.2) is 72.5 Å². The first-order valence-corrected chi connectivity index (χ1v) is 10.4. The number of hydrogen-bond donors (Lipinski definition) is 2. The molecule has 7 heteroatoms. The van der Waals surface area contributed by atoms with E-state index in [4.69, 9.17) is 29.0 Å². The molecule has 94 valence electrons. The molecule has 0 unspecified atom stereocenters. The summed E-state index contributed by atoms with van der Waals surface area (Å²) in [4.78, 5) is 4.49. The summed E-state index contributed by atoms with van der Waals surface area (Å²) < 4.78 is 0. The van der Waals surface area contributed by atoms with Crippen LogP contribution in [0.2, 0.25) is 0 Å². The fourth-order valence-electron chi connectivity index (χ4n) is 1.52. The molecule has 0 amide bonds. The van der Waals surface area contributed by atoms with Gasteiger partial charge in [-0.25, -0.2) is 0 Å². The van der Waals surface area contributed by atoms with E-state index in [-0.39, 0.29) is 13.2 Å². The molecule has 0 saturated carbocycles. The normalized spacial score (nSPS) is 18.7. The second kappa shape index (κ2) is 11.6. The summed E-state index contributed by atoms with van der Waals surface area (Å²) in [5.74, 6) is 0. The Labute approximate surface area is 108 Å². The van der Waals surface area contributed by atoms with Crippen LogP contribution in [0.15, 0.2) is 0 Å². The first-order valence-electron chi connectivity index (χ1n) is 4.77. The Bertz CT molecular complexity index is 124. The molecular formula is C8H18Cl2N2O2Pt+2. The average Bonchev–Trinajstić information content (AvgIpc) is 2.23. The molecule has 15 heavy (non-hydrogen) atoms. The van der Waals surface area contributed by atoms with Gasteiger partial charge in [-0.15, -0.1) is 0 Å². The van der Waals surface area contributed by atoms with Gasteiger partial charge in [0.05, 0.1) is 13.2 Å². The molecule has 1 heterocycles. The van der Waals surface area contributed by atoms with Crippen molar-refractivity contribution in [2.45, 2.75) is 0 Å². The summed E-state index contributed by atoms with van der Waals surface area (Å²) >= 11 is -0.472. The third-order valence-electron chi connectivity index (χ3n) is 2.30. The van der Waals surface area contributed by atoms with Crippen molar-refractivity contribution < 1.29 is 26.7 Å². The van der Waals surface area contributed by atoms with Gasteiger partial charge in [0.15, 0.2) is 0 Å². The van der Waals surface area contributed by atoms with Crippen LogP contribution in [0, 0.1) is 0 Å². The van der Waals surface area contributed by atoms with E-state index >= 15 is 0 Å². The number of hydrogen-bond acceptors (Lipinski definition) is 4. The number of nitrogens with zero attached hydrogens (tertiary/aromatic N) is 2. The van der Waals surface area contributed by atoms with E-state index in [9.17, 15) is 0 Å². The van der Waals surface area contributed by atoms with Crippen molar-refractivity contribution in [1.29, 1.82) is 0 Å². The van der Waals surface area contributed by atoms with Gasteiger partial charge in [-0.1, -0.05) is 0 Å². The molecule has 0 spiro atoms. The van der Waals surface area contributed by atoms with E-state index in [1.165, 1.54) is 0 Å². The van der Waals surface area contributed by atoms with E-state index < -0.39 is 16.5 Å². The van der Waals surface area contributed by atoms with Gasteiger partial charge in [0, 0.05) is 39.3 Å². The Hall–Kier alpha value is 1.11. The predicted octanol–water partition coefficient (Wildman–Crippen LogP) is -0.0349. The Kier molecular flexibility index (Phi) is 12.4. The number of piperazine rings is 1. The van der Waals surface area contributed by atoms with Crippen LogP contribution in [0.4, 0.5) is 0 Å². The van der Waals surface area contributed by atoms with Crippen molar-refractivity contribution in [3.05, 3.63) is 0 Å².